The smallest absolute Gasteiger partial charge is 0.169 e. The lowest BCUT2D eigenvalue weighted by Gasteiger charge is -2.38. The number of hydrogen-bond acceptors (Lipinski definition) is 9. The summed E-state index contributed by atoms with van der Waals surface area (Å²) in [5, 5.41) is 73.6. The van der Waals surface area contributed by atoms with Crippen molar-refractivity contribution in [2.24, 2.45) is 10.8 Å². The summed E-state index contributed by atoms with van der Waals surface area (Å²) < 4.78 is 4.68. The van der Waals surface area contributed by atoms with Gasteiger partial charge in [-0.3, -0.25) is 0 Å². The largest absolute Gasteiger partial charge is 0.395 e. The summed E-state index contributed by atoms with van der Waals surface area (Å²) in [6, 6.07) is 0. The van der Waals surface area contributed by atoms with Crippen LogP contribution in [-0.4, -0.2) is 93.1 Å². The van der Waals surface area contributed by atoms with Crippen LogP contribution in [0.15, 0.2) is 0 Å². The monoisotopic (exact) mass is 286 g/mol. The Morgan fingerprint density at radius 1 is 0.579 bits per heavy atom. The maximum absolute atomic E-state index is 9.67. The van der Waals surface area contributed by atoms with Crippen LogP contribution in [0.5, 0.6) is 0 Å². The van der Waals surface area contributed by atoms with E-state index in [1.54, 1.807) is 0 Å². The van der Waals surface area contributed by atoms with E-state index in [-0.39, 0.29) is 0 Å². The molecule has 19 heavy (non-hydrogen) atoms. The zero-order valence-corrected chi connectivity index (χ0v) is 10.4. The van der Waals surface area contributed by atoms with Gasteiger partial charge in [0.2, 0.25) is 0 Å². The predicted octanol–water partition coefficient (Wildman–Crippen LogP) is -4.43. The Hall–Kier alpha value is -0.360. The van der Waals surface area contributed by atoms with Crippen molar-refractivity contribution in [3.8, 4) is 0 Å². The molecule has 8 N–H and O–H groups in total. The number of aliphatic hydroxyl groups excluding tert-OH is 8. The number of ether oxygens (including phenoxy) is 1. The highest BCUT2D eigenvalue weighted by Crippen LogP contribution is 2.28. The summed E-state index contributed by atoms with van der Waals surface area (Å²) in [6.45, 7) is -5.01. The summed E-state index contributed by atoms with van der Waals surface area (Å²) in [6.07, 6.45) is -3.96. The Morgan fingerprint density at radius 2 is 0.789 bits per heavy atom. The lowest BCUT2D eigenvalue weighted by Crippen LogP contribution is -2.53. The van der Waals surface area contributed by atoms with E-state index in [9.17, 15) is 10.2 Å². The third kappa shape index (κ3) is 3.81. The van der Waals surface area contributed by atoms with Crippen LogP contribution in [0, 0.1) is 10.8 Å². The molecule has 0 saturated carbocycles. The van der Waals surface area contributed by atoms with Gasteiger partial charge in [0.1, 0.15) is 0 Å². The lowest BCUT2D eigenvalue weighted by molar-refractivity contribution is -0.310. The van der Waals surface area contributed by atoms with Gasteiger partial charge in [0.25, 0.3) is 0 Å². The minimum Gasteiger partial charge on any atom is -0.395 e. The Morgan fingerprint density at radius 3 is 0.947 bits per heavy atom. The van der Waals surface area contributed by atoms with Crippen molar-refractivity contribution in [1.82, 2.24) is 0 Å². The van der Waals surface area contributed by atoms with E-state index in [0.29, 0.717) is 0 Å². The van der Waals surface area contributed by atoms with E-state index in [1.165, 1.54) is 0 Å². The SMILES string of the molecule is OCC(CO)(CO)C(O)OC(O)C(CO)(CO)CO. The van der Waals surface area contributed by atoms with Gasteiger partial charge in [-0.1, -0.05) is 0 Å². The molecule has 0 rings (SSSR count). The van der Waals surface area contributed by atoms with E-state index in [4.69, 9.17) is 30.6 Å². The first-order valence-electron chi connectivity index (χ1n) is 5.58. The van der Waals surface area contributed by atoms with Crippen molar-refractivity contribution in [2.45, 2.75) is 12.6 Å². The van der Waals surface area contributed by atoms with Gasteiger partial charge in [-0.25, -0.2) is 0 Å². The predicted molar refractivity (Wildman–Crippen MR) is 60.5 cm³/mol. The van der Waals surface area contributed by atoms with Crippen LogP contribution in [-0.2, 0) is 4.74 Å². The van der Waals surface area contributed by atoms with E-state index in [2.05, 4.69) is 4.74 Å². The molecule has 0 aromatic carbocycles. The molecule has 0 amide bonds. The van der Waals surface area contributed by atoms with Gasteiger partial charge in [0, 0.05) is 0 Å². The molecule has 0 saturated heterocycles. The van der Waals surface area contributed by atoms with Crippen molar-refractivity contribution in [3.05, 3.63) is 0 Å². The fourth-order valence-corrected chi connectivity index (χ4v) is 1.18. The Kier molecular flexibility index (Phi) is 7.89. The molecule has 0 spiro atoms. The van der Waals surface area contributed by atoms with Crippen molar-refractivity contribution >= 4 is 0 Å². The average molecular weight is 286 g/mol. The van der Waals surface area contributed by atoms with Crippen LogP contribution in [0.25, 0.3) is 0 Å². The van der Waals surface area contributed by atoms with E-state index >= 15 is 0 Å². The molecule has 116 valence electrons. The third-order valence-corrected chi connectivity index (χ3v) is 3.19. The van der Waals surface area contributed by atoms with Crippen LogP contribution in [0.4, 0.5) is 0 Å². The fraction of sp³-hybridized carbons (Fsp3) is 1.00. The Bertz CT molecular complexity index is 199. The van der Waals surface area contributed by atoms with Crippen molar-refractivity contribution in [2.75, 3.05) is 39.6 Å². The summed E-state index contributed by atoms with van der Waals surface area (Å²) in [5.41, 5.74) is -3.65. The van der Waals surface area contributed by atoms with Crippen LogP contribution < -0.4 is 0 Å². The van der Waals surface area contributed by atoms with Crippen LogP contribution in [0.2, 0.25) is 0 Å². The van der Waals surface area contributed by atoms with Gasteiger partial charge < -0.3 is 45.6 Å². The summed E-state index contributed by atoms with van der Waals surface area (Å²) in [4.78, 5) is 0. The molecule has 2 unspecified atom stereocenters. The molecule has 0 aliphatic carbocycles. The molecule has 0 fully saturated rings. The third-order valence-electron chi connectivity index (χ3n) is 3.19. The van der Waals surface area contributed by atoms with Crippen LogP contribution >= 0.6 is 0 Å². The van der Waals surface area contributed by atoms with Gasteiger partial charge in [0.05, 0.1) is 50.5 Å². The number of hydrogen-bond donors (Lipinski definition) is 8. The number of rotatable bonds is 10. The molecule has 9 nitrogen and oxygen atoms in total. The molecule has 2 atom stereocenters. The Balaban J connectivity index is 4.92. The molecule has 0 bridgehead atoms. The second-order valence-corrected chi connectivity index (χ2v) is 4.51. The molecule has 0 heterocycles. The van der Waals surface area contributed by atoms with Gasteiger partial charge in [0.15, 0.2) is 12.6 Å². The van der Waals surface area contributed by atoms with E-state index < -0.39 is 63.1 Å². The zero-order chi connectivity index (χ0) is 15.1. The summed E-state index contributed by atoms with van der Waals surface area (Å²) in [5.74, 6) is 0. The Labute approximate surface area is 109 Å². The van der Waals surface area contributed by atoms with Gasteiger partial charge in [-0.05, 0) is 0 Å². The quantitative estimate of drug-likeness (QED) is 0.184. The highest BCUT2D eigenvalue weighted by atomic mass is 16.7. The maximum Gasteiger partial charge on any atom is 0.169 e. The van der Waals surface area contributed by atoms with E-state index in [1.807, 2.05) is 0 Å². The first-order chi connectivity index (χ1) is 8.91. The minimum absolute atomic E-state index is 0.835. The molecule has 0 aliphatic rings. The molecule has 0 radical (unpaired) electrons. The molecule has 0 aromatic rings. The summed E-state index contributed by atoms with van der Waals surface area (Å²) in [7, 11) is 0. The summed E-state index contributed by atoms with van der Waals surface area (Å²) >= 11 is 0. The fourth-order valence-electron chi connectivity index (χ4n) is 1.18. The lowest BCUT2D eigenvalue weighted by atomic mass is 9.88. The molecular weight excluding hydrogens is 264 g/mol. The second kappa shape index (κ2) is 8.04. The van der Waals surface area contributed by atoms with Gasteiger partial charge in [-0.2, -0.15) is 0 Å². The average Bonchev–Trinajstić information content (AvgIpc) is 2.44. The molecule has 0 aliphatic heterocycles. The first kappa shape index (κ1) is 18.6. The highest BCUT2D eigenvalue weighted by molar-refractivity contribution is 4.84. The zero-order valence-electron chi connectivity index (χ0n) is 10.4. The van der Waals surface area contributed by atoms with Crippen molar-refractivity contribution < 1.29 is 45.6 Å². The maximum atomic E-state index is 9.67. The minimum atomic E-state index is -1.98. The first-order valence-corrected chi connectivity index (χ1v) is 5.58. The van der Waals surface area contributed by atoms with Crippen LogP contribution in [0.3, 0.4) is 0 Å². The molecular formula is C10H22O9. The van der Waals surface area contributed by atoms with Crippen molar-refractivity contribution in [3.63, 3.8) is 0 Å². The molecule has 0 aromatic heterocycles. The topological polar surface area (TPSA) is 171 Å². The van der Waals surface area contributed by atoms with Gasteiger partial charge in [-0.15, -0.1) is 0 Å². The van der Waals surface area contributed by atoms with Crippen LogP contribution in [0.1, 0.15) is 0 Å². The second-order valence-electron chi connectivity index (χ2n) is 4.51. The normalized spacial score (nSPS) is 16.4. The highest BCUT2D eigenvalue weighted by Gasteiger charge is 2.44. The number of aliphatic hydroxyl groups is 8. The van der Waals surface area contributed by atoms with E-state index in [0.717, 1.165) is 0 Å². The van der Waals surface area contributed by atoms with Gasteiger partial charge >= 0.3 is 0 Å². The standard InChI is InChI=1S/C10H22O9/c11-1-9(2-12,3-13)7(17)19-8(18)10(4-14,5-15)6-16/h7-8,11-18H,1-6H2. The van der Waals surface area contributed by atoms with Crippen molar-refractivity contribution in [1.29, 1.82) is 0 Å². The molecule has 9 heteroatoms.